The minimum absolute atomic E-state index is 0.147. The maximum atomic E-state index is 10.6. The predicted octanol–water partition coefficient (Wildman–Crippen LogP) is 1.56. The van der Waals surface area contributed by atoms with Crippen LogP contribution in [0.25, 0.3) is 0 Å². The Labute approximate surface area is 75.8 Å². The fourth-order valence-electron chi connectivity index (χ4n) is 1.59. The Morgan fingerprint density at radius 1 is 1.58 bits per heavy atom. The molecule has 0 radical (unpaired) electrons. The fourth-order valence-corrected chi connectivity index (χ4v) is 2.40. The Bertz CT molecular complexity index is 175. The number of ether oxygens (including phenoxy) is 1. The van der Waals surface area contributed by atoms with Gasteiger partial charge in [-0.3, -0.25) is 0 Å². The largest absolute Gasteiger partial charge is 0.371 e. The van der Waals surface area contributed by atoms with Crippen molar-refractivity contribution in [1.82, 2.24) is 0 Å². The van der Waals surface area contributed by atoms with E-state index >= 15 is 0 Å². The van der Waals surface area contributed by atoms with Gasteiger partial charge in [-0.15, -0.1) is 0 Å². The van der Waals surface area contributed by atoms with E-state index in [0.717, 1.165) is 19.3 Å². The lowest BCUT2D eigenvalue weighted by Gasteiger charge is -2.42. The summed E-state index contributed by atoms with van der Waals surface area (Å²) in [7, 11) is 0. The van der Waals surface area contributed by atoms with Gasteiger partial charge in [0.1, 0.15) is 0 Å². The molecule has 0 aromatic heterocycles. The lowest BCUT2D eigenvalue weighted by Crippen LogP contribution is -2.46. The minimum Gasteiger partial charge on any atom is -0.371 e. The summed E-state index contributed by atoms with van der Waals surface area (Å²) in [6.45, 7) is 3.92. The third-order valence-electron chi connectivity index (χ3n) is 2.14. The van der Waals surface area contributed by atoms with Gasteiger partial charge >= 0.3 is 0 Å². The highest BCUT2D eigenvalue weighted by molar-refractivity contribution is 7.79. The van der Waals surface area contributed by atoms with Gasteiger partial charge in [-0.05, 0) is 33.1 Å². The van der Waals surface area contributed by atoms with E-state index in [1.165, 1.54) is 0 Å². The molecule has 1 aliphatic rings. The summed E-state index contributed by atoms with van der Waals surface area (Å²) in [4.78, 5) is 0. The summed E-state index contributed by atoms with van der Waals surface area (Å²) in [5.41, 5.74) is -0.284. The quantitative estimate of drug-likeness (QED) is 0.687. The Hall–Kier alpha value is 0.0700. The average molecular weight is 192 g/mol. The van der Waals surface area contributed by atoms with Crippen LogP contribution in [0.15, 0.2) is 0 Å². The third kappa shape index (κ3) is 2.54. The molecule has 1 N–H and O–H groups in total. The van der Waals surface area contributed by atoms with Crippen molar-refractivity contribution < 1.29 is 13.5 Å². The van der Waals surface area contributed by atoms with Crippen LogP contribution < -0.4 is 0 Å². The van der Waals surface area contributed by atoms with Crippen molar-refractivity contribution in [2.75, 3.05) is 5.75 Å². The molecule has 3 nitrogen and oxygen atoms in total. The van der Waals surface area contributed by atoms with E-state index in [0.29, 0.717) is 0 Å². The Morgan fingerprint density at radius 2 is 2.17 bits per heavy atom. The van der Waals surface area contributed by atoms with Crippen LogP contribution in [-0.4, -0.2) is 26.2 Å². The second-order valence-electron chi connectivity index (χ2n) is 3.67. The summed E-state index contributed by atoms with van der Waals surface area (Å²) in [5.74, 6) is 0.269. The molecule has 12 heavy (non-hydrogen) atoms. The highest BCUT2D eigenvalue weighted by Gasteiger charge is 2.40. The molecule has 0 saturated heterocycles. The summed E-state index contributed by atoms with van der Waals surface area (Å²) >= 11 is -1.73. The van der Waals surface area contributed by atoms with Crippen molar-refractivity contribution in [1.29, 1.82) is 0 Å². The van der Waals surface area contributed by atoms with E-state index in [1.54, 1.807) is 0 Å². The molecule has 72 valence electrons. The Morgan fingerprint density at radius 3 is 2.42 bits per heavy atom. The molecule has 1 atom stereocenters. The molecule has 0 aliphatic heterocycles. The van der Waals surface area contributed by atoms with Crippen LogP contribution in [-0.2, 0) is 15.8 Å². The standard InChI is InChI=1S/C8H16O3S/c1-7(2)11-8(4-3-5-8)6-12(9)10/h7H,3-6H2,1-2H3,(H,9,10). The van der Waals surface area contributed by atoms with E-state index in [1.807, 2.05) is 13.8 Å². The average Bonchev–Trinajstić information content (AvgIpc) is 1.80. The van der Waals surface area contributed by atoms with Gasteiger partial charge in [-0.25, -0.2) is 4.21 Å². The molecule has 1 fully saturated rings. The summed E-state index contributed by atoms with van der Waals surface area (Å²) < 4.78 is 25.0. The zero-order chi connectivity index (χ0) is 9.19. The summed E-state index contributed by atoms with van der Waals surface area (Å²) in [6.07, 6.45) is 3.12. The van der Waals surface area contributed by atoms with E-state index < -0.39 is 11.1 Å². The zero-order valence-electron chi connectivity index (χ0n) is 7.58. The van der Waals surface area contributed by atoms with Gasteiger partial charge in [0.2, 0.25) is 0 Å². The molecule has 4 heteroatoms. The fraction of sp³-hybridized carbons (Fsp3) is 1.00. The first-order valence-corrected chi connectivity index (χ1v) is 5.57. The molecular formula is C8H16O3S. The second-order valence-corrected chi connectivity index (χ2v) is 4.60. The number of hydrogen-bond donors (Lipinski definition) is 1. The molecular weight excluding hydrogens is 176 g/mol. The lowest BCUT2D eigenvalue weighted by molar-refractivity contribution is -0.112. The predicted molar refractivity (Wildman–Crippen MR) is 48.4 cm³/mol. The van der Waals surface area contributed by atoms with Crippen molar-refractivity contribution in [3.8, 4) is 0 Å². The molecule has 1 unspecified atom stereocenters. The van der Waals surface area contributed by atoms with Crippen molar-refractivity contribution in [3.05, 3.63) is 0 Å². The number of rotatable bonds is 4. The third-order valence-corrected chi connectivity index (χ3v) is 2.91. The summed E-state index contributed by atoms with van der Waals surface area (Å²) in [6, 6.07) is 0. The zero-order valence-corrected chi connectivity index (χ0v) is 8.39. The molecule has 1 aliphatic carbocycles. The molecule has 1 rings (SSSR count). The monoisotopic (exact) mass is 192 g/mol. The maximum absolute atomic E-state index is 10.6. The van der Waals surface area contributed by atoms with Crippen molar-refractivity contribution in [2.24, 2.45) is 0 Å². The molecule has 0 heterocycles. The topological polar surface area (TPSA) is 46.5 Å². The van der Waals surface area contributed by atoms with E-state index in [9.17, 15) is 4.21 Å². The van der Waals surface area contributed by atoms with Crippen molar-refractivity contribution in [2.45, 2.75) is 44.8 Å². The molecule has 0 amide bonds. The molecule has 1 saturated carbocycles. The SMILES string of the molecule is CC(C)OC1(CS(=O)O)CCC1. The normalized spacial score (nSPS) is 23.7. The highest BCUT2D eigenvalue weighted by atomic mass is 32.2. The van der Waals surface area contributed by atoms with Gasteiger partial charge in [0.15, 0.2) is 11.1 Å². The molecule has 0 aromatic carbocycles. The van der Waals surface area contributed by atoms with Crippen LogP contribution in [0.5, 0.6) is 0 Å². The van der Waals surface area contributed by atoms with Crippen molar-refractivity contribution >= 4 is 11.1 Å². The van der Waals surface area contributed by atoms with E-state index in [2.05, 4.69) is 0 Å². The van der Waals surface area contributed by atoms with Gasteiger partial charge in [0.05, 0.1) is 17.5 Å². The first kappa shape index (κ1) is 10.2. The van der Waals surface area contributed by atoms with Gasteiger partial charge in [-0.1, -0.05) is 0 Å². The van der Waals surface area contributed by atoms with E-state index in [-0.39, 0.29) is 17.5 Å². The Kier molecular flexibility index (Phi) is 3.26. The van der Waals surface area contributed by atoms with Crippen LogP contribution >= 0.6 is 0 Å². The Balaban J connectivity index is 2.45. The second kappa shape index (κ2) is 3.85. The first-order chi connectivity index (χ1) is 5.54. The van der Waals surface area contributed by atoms with Crippen LogP contribution in [0, 0.1) is 0 Å². The van der Waals surface area contributed by atoms with Crippen LogP contribution in [0.4, 0.5) is 0 Å². The molecule has 0 aromatic rings. The first-order valence-electron chi connectivity index (χ1n) is 4.29. The van der Waals surface area contributed by atoms with Crippen LogP contribution in [0.1, 0.15) is 33.1 Å². The van der Waals surface area contributed by atoms with Gasteiger partial charge in [-0.2, -0.15) is 0 Å². The number of hydrogen-bond acceptors (Lipinski definition) is 2. The van der Waals surface area contributed by atoms with E-state index in [4.69, 9.17) is 9.29 Å². The van der Waals surface area contributed by atoms with Crippen LogP contribution in [0.3, 0.4) is 0 Å². The smallest absolute Gasteiger partial charge is 0.155 e. The molecule has 0 spiro atoms. The van der Waals surface area contributed by atoms with Crippen LogP contribution in [0.2, 0.25) is 0 Å². The highest BCUT2D eigenvalue weighted by Crippen LogP contribution is 2.37. The maximum Gasteiger partial charge on any atom is 0.155 e. The minimum atomic E-state index is -1.73. The lowest BCUT2D eigenvalue weighted by atomic mass is 9.81. The van der Waals surface area contributed by atoms with Gasteiger partial charge in [0.25, 0.3) is 0 Å². The van der Waals surface area contributed by atoms with Gasteiger partial charge in [0, 0.05) is 0 Å². The molecule has 0 bridgehead atoms. The van der Waals surface area contributed by atoms with Crippen molar-refractivity contribution in [3.63, 3.8) is 0 Å². The van der Waals surface area contributed by atoms with Gasteiger partial charge < -0.3 is 9.29 Å². The summed E-state index contributed by atoms with van der Waals surface area (Å²) in [5, 5.41) is 0.